The van der Waals surface area contributed by atoms with Crippen molar-refractivity contribution in [2.45, 2.75) is 19.0 Å². The van der Waals surface area contributed by atoms with E-state index in [0.29, 0.717) is 20.1 Å². The fourth-order valence-corrected chi connectivity index (χ4v) is 5.12. The summed E-state index contributed by atoms with van der Waals surface area (Å²) in [6, 6.07) is 2.48. The van der Waals surface area contributed by atoms with Gasteiger partial charge in [0, 0.05) is 30.9 Å². The van der Waals surface area contributed by atoms with Crippen LogP contribution in [0.4, 0.5) is 5.00 Å². The summed E-state index contributed by atoms with van der Waals surface area (Å²) in [5.41, 5.74) is 0.938. The van der Waals surface area contributed by atoms with E-state index in [-0.39, 0.29) is 24.9 Å². The SMILES string of the molecule is CN1CCc2nc(C(=O)N[C@@H](CNC(=O)C(=O)Nc3ccc(Cl)s3)c3cnco3)sc2C1.Cl. The van der Waals surface area contributed by atoms with E-state index in [0.717, 1.165) is 41.4 Å². The number of anilines is 1. The summed E-state index contributed by atoms with van der Waals surface area (Å²) in [4.78, 5) is 48.7. The van der Waals surface area contributed by atoms with Crippen molar-refractivity contribution >= 4 is 69.4 Å². The van der Waals surface area contributed by atoms with E-state index in [1.54, 1.807) is 12.1 Å². The molecule has 3 N–H and O–H groups in total. The molecule has 3 amide bonds. The molecule has 0 radical (unpaired) electrons. The molecule has 0 saturated carbocycles. The Morgan fingerprint density at radius 1 is 1.27 bits per heavy atom. The minimum atomic E-state index is -0.860. The zero-order valence-electron chi connectivity index (χ0n) is 17.3. The zero-order chi connectivity index (χ0) is 22.7. The maximum Gasteiger partial charge on any atom is 0.314 e. The van der Waals surface area contributed by atoms with Crippen molar-refractivity contribution < 1.29 is 18.8 Å². The van der Waals surface area contributed by atoms with E-state index in [4.69, 9.17) is 16.0 Å². The lowest BCUT2D eigenvalue weighted by molar-refractivity contribution is -0.136. The number of aromatic nitrogens is 2. The molecule has 0 aliphatic carbocycles. The van der Waals surface area contributed by atoms with Crippen LogP contribution in [0.25, 0.3) is 0 Å². The van der Waals surface area contributed by atoms with Crippen LogP contribution >= 0.6 is 46.7 Å². The van der Waals surface area contributed by atoms with Gasteiger partial charge in [-0.2, -0.15) is 0 Å². The van der Waals surface area contributed by atoms with Crippen LogP contribution in [0.5, 0.6) is 0 Å². The summed E-state index contributed by atoms with van der Waals surface area (Å²) >= 11 is 8.31. The molecule has 0 bridgehead atoms. The van der Waals surface area contributed by atoms with Crippen molar-refractivity contribution in [3.63, 3.8) is 0 Å². The predicted molar refractivity (Wildman–Crippen MR) is 127 cm³/mol. The van der Waals surface area contributed by atoms with Gasteiger partial charge in [0.25, 0.3) is 5.91 Å². The van der Waals surface area contributed by atoms with Gasteiger partial charge < -0.3 is 25.3 Å². The lowest BCUT2D eigenvalue weighted by Crippen LogP contribution is -2.41. The predicted octanol–water partition coefficient (Wildman–Crippen LogP) is 2.48. The van der Waals surface area contributed by atoms with Gasteiger partial charge in [0.05, 0.1) is 21.2 Å². The molecule has 3 aromatic rings. The van der Waals surface area contributed by atoms with E-state index >= 15 is 0 Å². The average Bonchev–Trinajstić information content (AvgIpc) is 3.51. The molecule has 4 rings (SSSR count). The minimum Gasteiger partial charge on any atom is -0.446 e. The maximum absolute atomic E-state index is 12.8. The number of halogens is 2. The van der Waals surface area contributed by atoms with Gasteiger partial charge in [-0.05, 0) is 19.2 Å². The van der Waals surface area contributed by atoms with Crippen LogP contribution in [0.15, 0.2) is 29.1 Å². The number of carbonyl (C=O) groups is 3. The second-order valence-corrected chi connectivity index (χ2v) is 9.87. The number of nitrogens with zero attached hydrogens (tertiary/aromatic N) is 3. The minimum absolute atomic E-state index is 0. The van der Waals surface area contributed by atoms with Gasteiger partial charge in [-0.3, -0.25) is 14.4 Å². The van der Waals surface area contributed by atoms with E-state index in [9.17, 15) is 14.4 Å². The Hall–Kier alpha value is -2.51. The molecule has 176 valence electrons. The van der Waals surface area contributed by atoms with Gasteiger partial charge >= 0.3 is 11.8 Å². The van der Waals surface area contributed by atoms with Gasteiger partial charge in [0.15, 0.2) is 11.4 Å². The highest BCUT2D eigenvalue weighted by atomic mass is 35.5. The highest BCUT2D eigenvalue weighted by molar-refractivity contribution is 7.20. The molecule has 10 nitrogen and oxygen atoms in total. The van der Waals surface area contributed by atoms with Crippen molar-refractivity contribution in [1.82, 2.24) is 25.5 Å². The Balaban J connectivity index is 0.00000306. The zero-order valence-corrected chi connectivity index (χ0v) is 20.5. The Morgan fingerprint density at radius 3 is 2.79 bits per heavy atom. The van der Waals surface area contributed by atoms with Crippen LogP contribution in [0.2, 0.25) is 4.34 Å². The Morgan fingerprint density at radius 2 is 2.09 bits per heavy atom. The van der Waals surface area contributed by atoms with Gasteiger partial charge in [0.2, 0.25) is 0 Å². The number of thiophene rings is 1. The lowest BCUT2D eigenvalue weighted by atomic mass is 10.2. The second-order valence-electron chi connectivity index (χ2n) is 7.07. The number of hydrogen-bond acceptors (Lipinski definition) is 9. The molecule has 0 aromatic carbocycles. The highest BCUT2D eigenvalue weighted by Crippen LogP contribution is 2.26. The molecule has 14 heteroatoms. The molecule has 4 heterocycles. The van der Waals surface area contributed by atoms with E-state index in [1.807, 2.05) is 7.05 Å². The largest absolute Gasteiger partial charge is 0.446 e. The monoisotopic (exact) mass is 530 g/mol. The third-order valence-corrected chi connectivity index (χ3v) is 6.93. The Labute approximate surface area is 208 Å². The van der Waals surface area contributed by atoms with Gasteiger partial charge in [-0.25, -0.2) is 9.97 Å². The molecule has 1 aliphatic rings. The topological polar surface area (TPSA) is 129 Å². The van der Waals surface area contributed by atoms with Crippen LogP contribution in [0, 0.1) is 0 Å². The average molecular weight is 531 g/mol. The maximum atomic E-state index is 12.8. The molecule has 0 saturated heterocycles. The molecule has 1 aliphatic heterocycles. The summed E-state index contributed by atoms with van der Waals surface area (Å²) in [5, 5.41) is 8.57. The number of amides is 3. The van der Waals surface area contributed by atoms with Crippen LogP contribution in [-0.2, 0) is 22.6 Å². The van der Waals surface area contributed by atoms with Crippen LogP contribution in [0.3, 0.4) is 0 Å². The number of oxazole rings is 1. The first kappa shape index (κ1) is 25.1. The third kappa shape index (κ3) is 6.30. The molecule has 0 fully saturated rings. The number of rotatable bonds is 6. The number of nitrogens with one attached hydrogen (secondary N) is 3. The fourth-order valence-electron chi connectivity index (χ4n) is 3.09. The fraction of sp³-hybridized carbons (Fsp3) is 0.316. The van der Waals surface area contributed by atoms with Crippen LogP contribution in [-0.4, -0.2) is 52.7 Å². The Bertz CT molecular complexity index is 1130. The smallest absolute Gasteiger partial charge is 0.314 e. The molecular formula is C19H20Cl2N6O4S2. The van der Waals surface area contributed by atoms with Crippen LogP contribution in [0.1, 0.15) is 32.2 Å². The quantitative estimate of drug-likeness (QED) is 0.417. The summed E-state index contributed by atoms with van der Waals surface area (Å²) in [7, 11) is 2.02. The number of carbonyl (C=O) groups excluding carboxylic acids is 3. The first-order chi connectivity index (χ1) is 15.4. The second kappa shape index (κ2) is 11.1. The highest BCUT2D eigenvalue weighted by Gasteiger charge is 2.25. The van der Waals surface area contributed by atoms with Crippen molar-refractivity contribution in [3.05, 3.63) is 50.4 Å². The third-order valence-electron chi connectivity index (χ3n) is 4.70. The number of thiazole rings is 1. The van der Waals surface area contributed by atoms with E-state index < -0.39 is 17.9 Å². The lowest BCUT2D eigenvalue weighted by Gasteiger charge is -2.20. The molecule has 1 atom stereocenters. The summed E-state index contributed by atoms with van der Waals surface area (Å²) in [6.07, 6.45) is 3.45. The molecular weight excluding hydrogens is 511 g/mol. The first-order valence-corrected chi connectivity index (χ1v) is 11.6. The normalized spacial score (nSPS) is 14.0. The van der Waals surface area contributed by atoms with Crippen molar-refractivity contribution in [1.29, 1.82) is 0 Å². The first-order valence-electron chi connectivity index (χ1n) is 9.60. The molecule has 0 unspecified atom stereocenters. The number of hydrogen-bond donors (Lipinski definition) is 3. The summed E-state index contributed by atoms with van der Waals surface area (Å²) < 4.78 is 5.79. The van der Waals surface area contributed by atoms with E-state index in [2.05, 4.69) is 30.8 Å². The van der Waals surface area contributed by atoms with Crippen molar-refractivity contribution in [3.8, 4) is 0 Å². The molecule has 3 aromatic heterocycles. The van der Waals surface area contributed by atoms with Gasteiger partial charge in [-0.1, -0.05) is 11.6 Å². The number of likely N-dealkylation sites (N-methyl/N-ethyl adjacent to an activating group) is 1. The molecule has 0 spiro atoms. The number of fused-ring (bicyclic) bond motifs is 1. The van der Waals surface area contributed by atoms with E-state index in [1.165, 1.54) is 23.9 Å². The Kier molecular flexibility index (Phi) is 8.43. The van der Waals surface area contributed by atoms with Crippen LogP contribution < -0.4 is 16.0 Å². The molecule has 33 heavy (non-hydrogen) atoms. The van der Waals surface area contributed by atoms with Crippen molar-refractivity contribution in [2.24, 2.45) is 0 Å². The van der Waals surface area contributed by atoms with Gasteiger partial charge in [0.1, 0.15) is 11.8 Å². The van der Waals surface area contributed by atoms with Crippen molar-refractivity contribution in [2.75, 3.05) is 25.5 Å². The van der Waals surface area contributed by atoms with Gasteiger partial charge in [-0.15, -0.1) is 35.1 Å². The summed E-state index contributed by atoms with van der Waals surface area (Å²) in [6.45, 7) is 1.57. The summed E-state index contributed by atoms with van der Waals surface area (Å²) in [5.74, 6) is -1.76. The standard InChI is InChI=1S/C19H19ClN6O4S2.ClH/c1-26-5-4-10-13(8-26)31-19(24-10)18(29)23-11(12-7-21-9-30-12)6-22-16(27)17(28)25-15-3-2-14(20)32-15;/h2-3,7,9,11H,4-6,8H2,1H3,(H,22,27)(H,23,29)(H,25,28);1H/t11-;/m0./s1.